The molecule has 2 rings (SSSR count). The number of hydrogen-bond donors (Lipinski definition) is 2. The van der Waals surface area contributed by atoms with Gasteiger partial charge in [0.25, 0.3) is 0 Å². The molecule has 1 aromatic carbocycles. The molecule has 0 spiro atoms. The second-order valence-electron chi connectivity index (χ2n) is 4.35. The Balaban J connectivity index is 2.19. The summed E-state index contributed by atoms with van der Waals surface area (Å²) in [5.41, 5.74) is 4.04. The van der Waals surface area contributed by atoms with Crippen LogP contribution in [0.4, 0.5) is 0 Å². The van der Waals surface area contributed by atoms with E-state index >= 15 is 0 Å². The van der Waals surface area contributed by atoms with Gasteiger partial charge < -0.3 is 5.32 Å². The number of benzene rings is 1. The first kappa shape index (κ1) is 13.7. The van der Waals surface area contributed by atoms with Crippen molar-refractivity contribution in [2.75, 3.05) is 6.54 Å². The normalized spacial score (nSPS) is 10.2. The van der Waals surface area contributed by atoms with Gasteiger partial charge in [-0.3, -0.25) is 4.98 Å². The van der Waals surface area contributed by atoms with E-state index in [4.69, 9.17) is 0 Å². The van der Waals surface area contributed by atoms with Gasteiger partial charge in [0.15, 0.2) is 0 Å². The predicted molar refractivity (Wildman–Crippen MR) is 84.3 cm³/mol. The summed E-state index contributed by atoms with van der Waals surface area (Å²) in [6.07, 6.45) is 2.87. The fourth-order valence-electron chi connectivity index (χ4n) is 1.83. The van der Waals surface area contributed by atoms with Crippen LogP contribution in [0.1, 0.15) is 18.9 Å². The highest BCUT2D eigenvalue weighted by Gasteiger charge is 2.04. The van der Waals surface area contributed by atoms with Gasteiger partial charge in [-0.1, -0.05) is 37.8 Å². The Hall–Kier alpha value is -1.74. The molecule has 0 amide bonds. The number of nitrogens with zero attached hydrogens (tertiary/aromatic N) is 1. The first-order valence-electron chi connectivity index (χ1n) is 6.40. The van der Waals surface area contributed by atoms with E-state index in [-0.39, 0.29) is 0 Å². The summed E-state index contributed by atoms with van der Waals surface area (Å²) in [5, 5.41) is 3.29. The Bertz CT molecular complexity index is 561. The lowest BCUT2D eigenvalue weighted by Gasteiger charge is -2.10. The molecule has 0 aliphatic carbocycles. The largest absolute Gasteiger partial charge is 0.385 e. The number of thiol groups is 1. The molecule has 1 aromatic heterocycles. The molecule has 0 unspecified atom stereocenters. The van der Waals surface area contributed by atoms with E-state index in [0.29, 0.717) is 0 Å². The molecule has 0 atom stereocenters. The molecule has 0 fully saturated rings. The third kappa shape index (κ3) is 3.38. The van der Waals surface area contributed by atoms with Crippen molar-refractivity contribution in [1.29, 1.82) is 0 Å². The SMILES string of the molecule is C=C(NCCC)c1ccc(-c2ncccc2S)cc1. The number of rotatable bonds is 5. The Morgan fingerprint density at radius 3 is 2.63 bits per heavy atom. The molecule has 0 saturated heterocycles. The average molecular weight is 270 g/mol. The van der Waals surface area contributed by atoms with Crippen LogP contribution in [0.2, 0.25) is 0 Å². The smallest absolute Gasteiger partial charge is 0.0835 e. The van der Waals surface area contributed by atoms with Gasteiger partial charge in [-0.15, -0.1) is 12.6 Å². The van der Waals surface area contributed by atoms with Crippen molar-refractivity contribution in [2.45, 2.75) is 18.2 Å². The van der Waals surface area contributed by atoms with Crippen molar-refractivity contribution in [3.63, 3.8) is 0 Å². The molecule has 1 heterocycles. The van der Waals surface area contributed by atoms with Crippen LogP contribution in [-0.2, 0) is 0 Å². The van der Waals surface area contributed by atoms with Crippen LogP contribution in [0.25, 0.3) is 17.0 Å². The quantitative estimate of drug-likeness (QED) is 0.803. The third-order valence-electron chi connectivity index (χ3n) is 2.88. The minimum atomic E-state index is 0.887. The van der Waals surface area contributed by atoms with E-state index in [0.717, 1.165) is 40.4 Å². The van der Waals surface area contributed by atoms with Crippen molar-refractivity contribution in [2.24, 2.45) is 0 Å². The summed E-state index contributed by atoms with van der Waals surface area (Å²) in [6, 6.07) is 12.1. The van der Waals surface area contributed by atoms with Gasteiger partial charge in [0, 0.05) is 28.9 Å². The standard InChI is InChI=1S/C16H18N2S/c1-3-10-17-12(2)13-6-8-14(9-7-13)16-15(19)5-4-11-18-16/h4-9,11,17,19H,2-3,10H2,1H3. The van der Waals surface area contributed by atoms with Crippen LogP contribution >= 0.6 is 12.6 Å². The molecular weight excluding hydrogens is 252 g/mol. The van der Waals surface area contributed by atoms with Crippen LogP contribution in [0, 0.1) is 0 Å². The minimum Gasteiger partial charge on any atom is -0.385 e. The highest BCUT2D eigenvalue weighted by molar-refractivity contribution is 7.80. The molecule has 19 heavy (non-hydrogen) atoms. The van der Waals surface area contributed by atoms with E-state index in [9.17, 15) is 0 Å². The van der Waals surface area contributed by atoms with Crippen LogP contribution in [0.3, 0.4) is 0 Å². The molecule has 98 valence electrons. The fourth-order valence-corrected chi connectivity index (χ4v) is 2.10. The van der Waals surface area contributed by atoms with E-state index < -0.39 is 0 Å². The number of hydrogen-bond acceptors (Lipinski definition) is 3. The molecule has 2 aromatic rings. The van der Waals surface area contributed by atoms with E-state index in [1.165, 1.54) is 0 Å². The maximum absolute atomic E-state index is 4.43. The Labute approximate surface area is 120 Å². The highest BCUT2D eigenvalue weighted by atomic mass is 32.1. The maximum Gasteiger partial charge on any atom is 0.0835 e. The van der Waals surface area contributed by atoms with Crippen molar-refractivity contribution >= 4 is 18.3 Å². The van der Waals surface area contributed by atoms with Crippen molar-refractivity contribution in [1.82, 2.24) is 10.3 Å². The third-order valence-corrected chi connectivity index (χ3v) is 3.24. The predicted octanol–water partition coefficient (Wildman–Crippen LogP) is 4.01. The minimum absolute atomic E-state index is 0.887. The van der Waals surface area contributed by atoms with Gasteiger partial charge in [0.05, 0.1) is 5.69 Å². The second-order valence-corrected chi connectivity index (χ2v) is 4.84. The summed E-state index contributed by atoms with van der Waals surface area (Å²) in [5.74, 6) is 0. The summed E-state index contributed by atoms with van der Waals surface area (Å²) >= 11 is 4.43. The monoisotopic (exact) mass is 270 g/mol. The van der Waals surface area contributed by atoms with Crippen LogP contribution in [-0.4, -0.2) is 11.5 Å². The molecule has 0 radical (unpaired) electrons. The fraction of sp³-hybridized carbons (Fsp3) is 0.188. The Morgan fingerprint density at radius 2 is 2.00 bits per heavy atom. The number of nitrogens with one attached hydrogen (secondary N) is 1. The van der Waals surface area contributed by atoms with Gasteiger partial charge >= 0.3 is 0 Å². The van der Waals surface area contributed by atoms with Gasteiger partial charge in [0.2, 0.25) is 0 Å². The Morgan fingerprint density at radius 1 is 1.26 bits per heavy atom. The topological polar surface area (TPSA) is 24.9 Å². The van der Waals surface area contributed by atoms with Gasteiger partial charge in [-0.2, -0.15) is 0 Å². The van der Waals surface area contributed by atoms with Crippen LogP contribution < -0.4 is 5.32 Å². The number of aromatic nitrogens is 1. The molecule has 1 N–H and O–H groups in total. The molecule has 0 bridgehead atoms. The molecule has 0 aliphatic rings. The lowest BCUT2D eigenvalue weighted by molar-refractivity contribution is 0.825. The van der Waals surface area contributed by atoms with Crippen molar-refractivity contribution in [3.05, 3.63) is 54.7 Å². The van der Waals surface area contributed by atoms with Gasteiger partial charge in [-0.25, -0.2) is 0 Å². The summed E-state index contributed by atoms with van der Waals surface area (Å²) < 4.78 is 0. The zero-order chi connectivity index (χ0) is 13.7. The lowest BCUT2D eigenvalue weighted by atomic mass is 10.1. The van der Waals surface area contributed by atoms with E-state index in [2.05, 4.69) is 60.7 Å². The summed E-state index contributed by atoms with van der Waals surface area (Å²) in [7, 11) is 0. The van der Waals surface area contributed by atoms with Crippen LogP contribution in [0.5, 0.6) is 0 Å². The Kier molecular flexibility index (Phi) is 4.63. The van der Waals surface area contributed by atoms with Gasteiger partial charge in [-0.05, 0) is 24.1 Å². The van der Waals surface area contributed by atoms with E-state index in [1.54, 1.807) is 6.20 Å². The molecule has 0 aliphatic heterocycles. The zero-order valence-corrected chi connectivity index (χ0v) is 12.0. The highest BCUT2D eigenvalue weighted by Crippen LogP contribution is 2.24. The maximum atomic E-state index is 4.43. The average Bonchev–Trinajstić information content (AvgIpc) is 2.45. The molecule has 2 nitrogen and oxygen atoms in total. The van der Waals surface area contributed by atoms with Gasteiger partial charge in [0.1, 0.15) is 0 Å². The van der Waals surface area contributed by atoms with Crippen LogP contribution in [0.15, 0.2) is 54.1 Å². The number of pyridine rings is 1. The summed E-state index contributed by atoms with van der Waals surface area (Å²) in [6.45, 7) is 7.12. The zero-order valence-electron chi connectivity index (χ0n) is 11.1. The lowest BCUT2D eigenvalue weighted by Crippen LogP contribution is -2.11. The molecule has 0 saturated carbocycles. The summed E-state index contributed by atoms with van der Waals surface area (Å²) in [4.78, 5) is 5.25. The van der Waals surface area contributed by atoms with E-state index in [1.807, 2.05) is 12.1 Å². The first-order valence-corrected chi connectivity index (χ1v) is 6.84. The first-order chi connectivity index (χ1) is 9.22. The second kappa shape index (κ2) is 6.43. The van der Waals surface area contributed by atoms with Crippen molar-refractivity contribution in [3.8, 4) is 11.3 Å². The van der Waals surface area contributed by atoms with Crippen molar-refractivity contribution < 1.29 is 0 Å². The molecular formula is C16H18N2S. The molecule has 3 heteroatoms.